The molecule has 2 heteroatoms. The highest BCUT2D eigenvalue weighted by atomic mass is 15.2. The van der Waals surface area contributed by atoms with Gasteiger partial charge in [-0.15, -0.1) is 0 Å². The van der Waals surface area contributed by atoms with Crippen LogP contribution in [0.25, 0.3) is 109 Å². The molecule has 4 aliphatic rings. The van der Waals surface area contributed by atoms with Crippen molar-refractivity contribution in [2.24, 2.45) is 0 Å². The van der Waals surface area contributed by atoms with Crippen LogP contribution in [0.15, 0.2) is 352 Å². The van der Waals surface area contributed by atoms with Crippen molar-refractivity contribution < 1.29 is 0 Å². The fourth-order valence-electron chi connectivity index (χ4n) is 19.8. The third-order valence-corrected chi connectivity index (χ3v) is 23.4. The maximum absolute atomic E-state index is 2.56. The third kappa shape index (κ3) is 8.34. The van der Waals surface area contributed by atoms with Gasteiger partial charge in [-0.25, -0.2) is 0 Å². The molecule has 0 radical (unpaired) electrons. The zero-order valence-electron chi connectivity index (χ0n) is 58.4. The Kier molecular flexibility index (Phi) is 13.1. The van der Waals surface area contributed by atoms with Crippen molar-refractivity contribution in [3.63, 3.8) is 0 Å². The summed E-state index contributed by atoms with van der Waals surface area (Å²) in [7, 11) is 0. The van der Waals surface area contributed by atoms with E-state index >= 15 is 0 Å². The van der Waals surface area contributed by atoms with Gasteiger partial charge in [0.05, 0.1) is 27.9 Å². The van der Waals surface area contributed by atoms with Gasteiger partial charge in [-0.2, -0.15) is 0 Å². The largest absolute Gasteiger partial charge is 0.310 e. The summed E-state index contributed by atoms with van der Waals surface area (Å²) >= 11 is 0. The SMILES string of the molecule is Cc1cc(C)cc(N(c2ccc3c(c2)-c2ccccc2C32c3ccccc3-c3ccccc32)c2cccc3c4ccccc4c4ccccc4c23)c1.Cc1cc(C)cc(N(c2cccc3c2-c2ccccc2C32c3ccccc3-c3ccccc32)c2cccc3c4ccccc4c4ccccc4c23)c1. The fourth-order valence-corrected chi connectivity index (χ4v) is 19.8. The molecule has 0 saturated carbocycles. The Morgan fingerprint density at radius 1 is 0.183 bits per heavy atom. The highest BCUT2D eigenvalue weighted by molar-refractivity contribution is 6.30. The van der Waals surface area contributed by atoms with Gasteiger partial charge in [0.1, 0.15) is 0 Å². The first kappa shape index (κ1) is 59.9. The van der Waals surface area contributed by atoms with E-state index in [2.05, 4.69) is 389 Å². The van der Waals surface area contributed by atoms with Gasteiger partial charge in [0.25, 0.3) is 0 Å². The summed E-state index contributed by atoms with van der Waals surface area (Å²) in [5, 5.41) is 15.3. The van der Waals surface area contributed by atoms with E-state index in [4.69, 9.17) is 0 Å². The standard InChI is InChI=1S/2C51H35N/c1-32-29-33(2)31-34(30-32)52(47-27-13-22-41-37-16-4-3-15-35(37)36-17-5-6-20-40(36)49(41)47)48-28-14-26-46-50(48)42-21-9-12-25-45(42)51(46)43-23-10-7-18-38(43)39-19-8-11-24-44(39)51;1-32-28-33(2)30-35(29-32)52(49-25-13-21-43-38-15-4-3-14-36(38)37-16-5-6-20-42(37)50(43)49)34-26-27-48-44(31-34)41-19-9-12-24-47(41)51(48)45-22-10-7-17-39(45)40-18-8-11-23-46(40)51/h2*3-31H,1-2H3. The van der Waals surface area contributed by atoms with E-state index in [1.807, 2.05) is 0 Å². The second-order valence-corrected chi connectivity index (χ2v) is 29.1. The Bertz CT molecular complexity index is 6480. The van der Waals surface area contributed by atoms with Crippen LogP contribution in [0.5, 0.6) is 0 Å². The molecule has 18 aromatic carbocycles. The monoisotopic (exact) mass is 1320 g/mol. The van der Waals surface area contributed by atoms with Crippen LogP contribution in [0.1, 0.15) is 66.8 Å². The van der Waals surface area contributed by atoms with E-state index in [1.165, 1.54) is 204 Å². The van der Waals surface area contributed by atoms with Crippen molar-refractivity contribution in [1.29, 1.82) is 0 Å². The topological polar surface area (TPSA) is 6.48 Å². The maximum atomic E-state index is 2.56. The third-order valence-electron chi connectivity index (χ3n) is 23.4. The average Bonchev–Trinajstić information content (AvgIpc) is 1.49. The highest BCUT2D eigenvalue weighted by Gasteiger charge is 2.54. The molecular formula is C102H70N2. The Morgan fingerprint density at radius 2 is 0.452 bits per heavy atom. The maximum Gasteiger partial charge on any atom is 0.0726 e. The van der Waals surface area contributed by atoms with Gasteiger partial charge >= 0.3 is 0 Å². The summed E-state index contributed by atoms with van der Waals surface area (Å²) in [4.78, 5) is 5.07. The molecule has 0 fully saturated rings. The number of benzene rings is 18. The van der Waals surface area contributed by atoms with E-state index in [0.717, 1.165) is 5.69 Å². The van der Waals surface area contributed by atoms with E-state index in [9.17, 15) is 0 Å². The lowest BCUT2D eigenvalue weighted by Crippen LogP contribution is -2.26. The van der Waals surface area contributed by atoms with Crippen molar-refractivity contribution >= 4 is 98.8 Å². The smallest absolute Gasteiger partial charge is 0.0726 e. The molecule has 18 aromatic rings. The van der Waals surface area contributed by atoms with Crippen molar-refractivity contribution in [3.05, 3.63) is 419 Å². The van der Waals surface area contributed by atoms with Gasteiger partial charge in [0, 0.05) is 33.4 Å². The van der Waals surface area contributed by atoms with E-state index in [1.54, 1.807) is 0 Å². The quantitative estimate of drug-likeness (QED) is 0.153. The first-order valence-electron chi connectivity index (χ1n) is 36.5. The summed E-state index contributed by atoms with van der Waals surface area (Å²) in [5.74, 6) is 0. The number of nitrogens with zero attached hydrogens (tertiary/aromatic N) is 2. The molecule has 0 aromatic heterocycles. The fraction of sp³-hybridized carbons (Fsp3) is 0.0588. The molecule has 2 nitrogen and oxygen atoms in total. The Labute approximate surface area is 606 Å². The predicted octanol–water partition coefficient (Wildman–Crippen LogP) is 27.2. The molecule has 0 atom stereocenters. The normalized spacial score (nSPS) is 13.3. The molecule has 0 heterocycles. The predicted molar refractivity (Wildman–Crippen MR) is 439 cm³/mol. The lowest BCUT2D eigenvalue weighted by molar-refractivity contribution is 0.794. The molecular weight excluding hydrogens is 1250 g/mol. The Hall–Kier alpha value is -12.9. The molecule has 104 heavy (non-hydrogen) atoms. The minimum absolute atomic E-state index is 0.364. The summed E-state index contributed by atoms with van der Waals surface area (Å²) in [6, 6.07) is 132. The number of anilines is 6. The number of fused-ring (bicyclic) bond motifs is 32. The van der Waals surface area contributed by atoms with E-state index in [0.29, 0.717) is 0 Å². The van der Waals surface area contributed by atoms with Crippen LogP contribution in [0, 0.1) is 27.7 Å². The second-order valence-electron chi connectivity index (χ2n) is 29.1. The summed E-state index contributed by atoms with van der Waals surface area (Å²) < 4.78 is 0. The van der Waals surface area contributed by atoms with Crippen molar-refractivity contribution in [2.45, 2.75) is 38.5 Å². The number of hydrogen-bond acceptors (Lipinski definition) is 2. The van der Waals surface area contributed by atoms with Crippen LogP contribution in [0.2, 0.25) is 0 Å². The molecule has 0 amide bonds. The lowest BCUT2D eigenvalue weighted by Gasteiger charge is -2.32. The highest BCUT2D eigenvalue weighted by Crippen LogP contribution is 2.67. The summed E-state index contributed by atoms with van der Waals surface area (Å²) in [6.07, 6.45) is 0. The summed E-state index contributed by atoms with van der Waals surface area (Å²) in [6.45, 7) is 8.84. The van der Waals surface area contributed by atoms with E-state index < -0.39 is 5.41 Å². The van der Waals surface area contributed by atoms with Gasteiger partial charge in [-0.05, 0) is 242 Å². The molecule has 0 aliphatic heterocycles. The van der Waals surface area contributed by atoms with Crippen LogP contribution < -0.4 is 9.80 Å². The van der Waals surface area contributed by atoms with Gasteiger partial charge in [0.2, 0.25) is 0 Å². The second kappa shape index (κ2) is 22.8. The molecule has 22 rings (SSSR count). The van der Waals surface area contributed by atoms with Crippen LogP contribution in [0.4, 0.5) is 34.1 Å². The average molecular weight is 1320 g/mol. The number of aryl methyl sites for hydroxylation is 4. The number of hydrogen-bond donors (Lipinski definition) is 0. The van der Waals surface area contributed by atoms with Crippen LogP contribution in [0.3, 0.4) is 0 Å². The molecule has 4 aliphatic carbocycles. The molecule has 0 unspecified atom stereocenters. The molecule has 0 saturated heterocycles. The van der Waals surface area contributed by atoms with E-state index in [-0.39, 0.29) is 5.41 Å². The first-order chi connectivity index (χ1) is 51.3. The first-order valence-corrected chi connectivity index (χ1v) is 36.5. The zero-order chi connectivity index (χ0) is 69.1. The molecule has 488 valence electrons. The molecule has 0 bridgehead atoms. The van der Waals surface area contributed by atoms with Gasteiger partial charge < -0.3 is 9.80 Å². The van der Waals surface area contributed by atoms with Crippen LogP contribution >= 0.6 is 0 Å². The Balaban J connectivity index is 0.000000134. The lowest BCUT2D eigenvalue weighted by atomic mass is 9.70. The molecule has 0 N–H and O–H groups in total. The summed E-state index contributed by atoms with van der Waals surface area (Å²) in [5.41, 5.74) is 32.6. The van der Waals surface area contributed by atoms with Crippen LogP contribution in [-0.4, -0.2) is 0 Å². The van der Waals surface area contributed by atoms with Crippen molar-refractivity contribution in [3.8, 4) is 44.5 Å². The van der Waals surface area contributed by atoms with Crippen molar-refractivity contribution in [2.75, 3.05) is 9.80 Å². The van der Waals surface area contributed by atoms with Gasteiger partial charge in [0.15, 0.2) is 0 Å². The minimum atomic E-state index is -0.412. The van der Waals surface area contributed by atoms with Gasteiger partial charge in [-0.3, -0.25) is 0 Å². The van der Waals surface area contributed by atoms with Crippen molar-refractivity contribution in [1.82, 2.24) is 0 Å². The Morgan fingerprint density at radius 3 is 0.865 bits per heavy atom. The van der Waals surface area contributed by atoms with Crippen LogP contribution in [-0.2, 0) is 10.8 Å². The molecule has 2 spiro atoms. The van der Waals surface area contributed by atoms with Gasteiger partial charge in [-0.1, -0.05) is 297 Å². The minimum Gasteiger partial charge on any atom is -0.310 e. The number of rotatable bonds is 6. The zero-order valence-corrected chi connectivity index (χ0v) is 58.4.